The molecule has 0 aliphatic heterocycles. The van der Waals surface area contributed by atoms with E-state index < -0.39 is 0 Å². The maximum atomic E-state index is 9.97. The van der Waals surface area contributed by atoms with Gasteiger partial charge in [-0.3, -0.25) is 4.98 Å². The molecular formula is C23H31N5O2. The van der Waals surface area contributed by atoms with E-state index in [-0.39, 0.29) is 12.1 Å². The normalized spacial score (nSPS) is 20.4. The third kappa shape index (κ3) is 4.04. The summed E-state index contributed by atoms with van der Waals surface area (Å²) in [5.74, 6) is 1.05. The third-order valence-corrected chi connectivity index (χ3v) is 6.24. The first-order valence-corrected chi connectivity index (χ1v) is 10.7. The number of pyridine rings is 1. The summed E-state index contributed by atoms with van der Waals surface area (Å²) in [6.45, 7) is 4.71. The fourth-order valence-electron chi connectivity index (χ4n) is 4.32. The van der Waals surface area contributed by atoms with Gasteiger partial charge in [-0.2, -0.15) is 0 Å². The highest BCUT2D eigenvalue weighted by Gasteiger charge is 2.26. The first-order chi connectivity index (χ1) is 14.5. The summed E-state index contributed by atoms with van der Waals surface area (Å²) in [4.78, 5) is 11.1. The molecule has 1 atom stereocenters. The topological polar surface area (TPSA) is 75.8 Å². The molecule has 1 N–H and O–H groups in total. The van der Waals surface area contributed by atoms with Crippen LogP contribution in [0.5, 0.6) is 0 Å². The quantitative estimate of drug-likeness (QED) is 0.671. The van der Waals surface area contributed by atoms with E-state index in [1.807, 2.05) is 37.3 Å². The highest BCUT2D eigenvalue weighted by molar-refractivity contribution is 5.81. The van der Waals surface area contributed by atoms with Crippen LogP contribution in [0.3, 0.4) is 0 Å². The summed E-state index contributed by atoms with van der Waals surface area (Å²) in [6, 6.07) is 6.56. The molecule has 0 bridgehead atoms. The van der Waals surface area contributed by atoms with Gasteiger partial charge in [0, 0.05) is 43.2 Å². The Morgan fingerprint density at radius 3 is 2.70 bits per heavy atom. The molecular weight excluding hydrogens is 378 g/mol. The van der Waals surface area contributed by atoms with E-state index in [4.69, 9.17) is 9.84 Å². The van der Waals surface area contributed by atoms with Gasteiger partial charge in [0.15, 0.2) is 0 Å². The number of ether oxygens (including phenoxy) is 1. The second kappa shape index (κ2) is 8.70. The molecule has 3 aromatic rings. The number of aliphatic hydroxyl groups excluding tert-OH is 1. The van der Waals surface area contributed by atoms with E-state index in [0.29, 0.717) is 18.5 Å². The fraction of sp³-hybridized carbons (Fsp3) is 0.522. The minimum absolute atomic E-state index is 0.165. The van der Waals surface area contributed by atoms with Gasteiger partial charge in [-0.1, -0.05) is 0 Å². The van der Waals surface area contributed by atoms with Crippen LogP contribution in [-0.4, -0.2) is 57.6 Å². The van der Waals surface area contributed by atoms with Gasteiger partial charge < -0.3 is 14.7 Å². The highest BCUT2D eigenvalue weighted by atomic mass is 16.5. The zero-order chi connectivity index (χ0) is 21.3. The minimum Gasteiger partial charge on any atom is -0.393 e. The molecule has 0 radical (unpaired) electrons. The average molecular weight is 410 g/mol. The molecule has 160 valence electrons. The van der Waals surface area contributed by atoms with Crippen molar-refractivity contribution in [3.8, 4) is 11.1 Å². The Labute approximate surface area is 177 Å². The van der Waals surface area contributed by atoms with E-state index in [2.05, 4.69) is 33.5 Å². The van der Waals surface area contributed by atoms with Crippen molar-refractivity contribution >= 4 is 11.5 Å². The monoisotopic (exact) mass is 409 g/mol. The van der Waals surface area contributed by atoms with E-state index in [9.17, 15) is 5.11 Å². The first kappa shape index (κ1) is 20.8. The number of nitrogens with zero attached hydrogens (tertiary/aromatic N) is 5. The van der Waals surface area contributed by atoms with Crippen LogP contribution in [0, 0.1) is 6.92 Å². The van der Waals surface area contributed by atoms with Gasteiger partial charge in [0.05, 0.1) is 30.5 Å². The Balaban J connectivity index is 1.81. The van der Waals surface area contributed by atoms with Gasteiger partial charge in [-0.05, 0) is 63.3 Å². The standard InChI is InChI=1S/C23H31N5O2/c1-15-11-18(9-10-24-15)20-12-21(17-5-7-19(29)8-6-17)28-22(20)13-25-23(26-28)27(3)16(2)14-30-4/h9-13,16-17,19,29H,5-8,14H2,1-4H3/t16-,17-,19-/m0/s1. The van der Waals surface area contributed by atoms with Crippen LogP contribution < -0.4 is 4.90 Å². The zero-order valence-corrected chi connectivity index (χ0v) is 18.2. The van der Waals surface area contributed by atoms with Crippen molar-refractivity contribution in [1.29, 1.82) is 0 Å². The van der Waals surface area contributed by atoms with E-state index >= 15 is 0 Å². The lowest BCUT2D eigenvalue weighted by Crippen LogP contribution is -2.34. The molecule has 1 aliphatic carbocycles. The number of rotatable bonds is 6. The van der Waals surface area contributed by atoms with Crippen LogP contribution in [0.15, 0.2) is 30.6 Å². The molecule has 30 heavy (non-hydrogen) atoms. The van der Waals surface area contributed by atoms with Crippen LogP contribution in [0.1, 0.15) is 49.9 Å². The highest BCUT2D eigenvalue weighted by Crippen LogP contribution is 2.37. The maximum Gasteiger partial charge on any atom is 0.243 e. The van der Waals surface area contributed by atoms with Gasteiger partial charge >= 0.3 is 0 Å². The van der Waals surface area contributed by atoms with Gasteiger partial charge in [-0.25, -0.2) is 9.50 Å². The lowest BCUT2D eigenvalue weighted by Gasteiger charge is -2.26. The predicted molar refractivity (Wildman–Crippen MR) is 118 cm³/mol. The van der Waals surface area contributed by atoms with Crippen molar-refractivity contribution in [2.45, 2.75) is 57.6 Å². The van der Waals surface area contributed by atoms with Crippen molar-refractivity contribution < 1.29 is 9.84 Å². The first-order valence-electron chi connectivity index (χ1n) is 10.7. The van der Waals surface area contributed by atoms with Crippen LogP contribution in [0.4, 0.5) is 5.95 Å². The molecule has 0 aromatic carbocycles. The van der Waals surface area contributed by atoms with Crippen LogP contribution in [-0.2, 0) is 4.74 Å². The Kier molecular flexibility index (Phi) is 6.01. The summed E-state index contributed by atoms with van der Waals surface area (Å²) in [7, 11) is 3.71. The number of aryl methyl sites for hydroxylation is 1. The largest absolute Gasteiger partial charge is 0.393 e. The molecule has 0 amide bonds. The Morgan fingerprint density at radius 1 is 1.23 bits per heavy atom. The predicted octanol–water partition coefficient (Wildman–Crippen LogP) is 3.59. The van der Waals surface area contributed by atoms with Crippen LogP contribution in [0.25, 0.3) is 16.6 Å². The fourth-order valence-corrected chi connectivity index (χ4v) is 4.32. The molecule has 0 spiro atoms. The third-order valence-electron chi connectivity index (χ3n) is 6.24. The molecule has 7 nitrogen and oxygen atoms in total. The van der Waals surface area contributed by atoms with Gasteiger partial charge in [-0.15, -0.1) is 5.10 Å². The van der Waals surface area contributed by atoms with Crippen molar-refractivity contribution in [1.82, 2.24) is 19.6 Å². The average Bonchev–Trinajstić information content (AvgIpc) is 3.13. The number of methoxy groups -OCH3 is 1. The Morgan fingerprint density at radius 2 is 2.00 bits per heavy atom. The lowest BCUT2D eigenvalue weighted by molar-refractivity contribution is 0.121. The van der Waals surface area contributed by atoms with Crippen LogP contribution in [0.2, 0.25) is 0 Å². The lowest BCUT2D eigenvalue weighted by atomic mass is 9.85. The van der Waals surface area contributed by atoms with Gasteiger partial charge in [0.1, 0.15) is 0 Å². The van der Waals surface area contributed by atoms with Crippen molar-refractivity contribution in [3.63, 3.8) is 0 Å². The number of likely N-dealkylation sites (N-methyl/N-ethyl adjacent to an activating group) is 1. The second-order valence-electron chi connectivity index (χ2n) is 8.44. The van der Waals surface area contributed by atoms with E-state index in [0.717, 1.165) is 48.0 Å². The molecule has 1 aliphatic rings. The second-order valence-corrected chi connectivity index (χ2v) is 8.44. The van der Waals surface area contributed by atoms with Crippen molar-refractivity contribution in [2.75, 3.05) is 25.7 Å². The summed E-state index contributed by atoms with van der Waals surface area (Å²) in [6.07, 6.45) is 7.20. The summed E-state index contributed by atoms with van der Waals surface area (Å²) in [5.41, 5.74) is 5.43. The molecule has 3 heterocycles. The number of anilines is 1. The van der Waals surface area contributed by atoms with Gasteiger partial charge in [0.2, 0.25) is 5.95 Å². The SMILES string of the molecule is COC[C@H](C)N(C)c1ncc2c(-c3ccnc(C)c3)cc([C@H]3CC[C@H](O)CC3)n2n1. The number of aromatic nitrogens is 4. The summed E-state index contributed by atoms with van der Waals surface area (Å²) in [5, 5.41) is 14.9. The molecule has 3 aromatic heterocycles. The smallest absolute Gasteiger partial charge is 0.243 e. The van der Waals surface area contributed by atoms with Crippen molar-refractivity contribution in [2.24, 2.45) is 0 Å². The molecule has 1 saturated carbocycles. The minimum atomic E-state index is -0.180. The van der Waals surface area contributed by atoms with Gasteiger partial charge in [0.25, 0.3) is 0 Å². The number of fused-ring (bicyclic) bond motifs is 1. The van der Waals surface area contributed by atoms with Crippen molar-refractivity contribution in [3.05, 3.63) is 42.0 Å². The Hall–Kier alpha value is -2.51. The molecule has 4 rings (SSSR count). The molecule has 7 heteroatoms. The number of hydrogen-bond acceptors (Lipinski definition) is 6. The molecule has 0 unspecified atom stereocenters. The van der Waals surface area contributed by atoms with E-state index in [1.165, 1.54) is 5.69 Å². The molecule has 1 fully saturated rings. The zero-order valence-electron chi connectivity index (χ0n) is 18.2. The number of hydrogen-bond donors (Lipinski definition) is 1. The Bertz CT molecular complexity index is 1010. The number of aliphatic hydroxyl groups is 1. The summed E-state index contributed by atoms with van der Waals surface area (Å²) >= 11 is 0. The summed E-state index contributed by atoms with van der Waals surface area (Å²) < 4.78 is 7.36. The maximum absolute atomic E-state index is 9.97. The molecule has 0 saturated heterocycles. The van der Waals surface area contributed by atoms with Crippen LogP contribution >= 0.6 is 0 Å². The van der Waals surface area contributed by atoms with E-state index in [1.54, 1.807) is 7.11 Å².